The molecule has 0 radical (unpaired) electrons. The van der Waals surface area contributed by atoms with Gasteiger partial charge in [-0.3, -0.25) is 9.97 Å². The van der Waals surface area contributed by atoms with E-state index >= 15 is 0 Å². The predicted octanol–water partition coefficient (Wildman–Crippen LogP) is 3.18. The van der Waals surface area contributed by atoms with E-state index in [-0.39, 0.29) is 6.04 Å². The first-order valence-corrected chi connectivity index (χ1v) is 7.90. The highest BCUT2D eigenvalue weighted by atomic mass is 16.5. The lowest BCUT2D eigenvalue weighted by Crippen LogP contribution is -2.24. The molecule has 1 saturated carbocycles. The second-order valence-corrected chi connectivity index (χ2v) is 5.69. The van der Waals surface area contributed by atoms with E-state index in [2.05, 4.69) is 22.2 Å². The van der Waals surface area contributed by atoms with Crippen LogP contribution in [-0.4, -0.2) is 29.2 Å². The molecule has 1 N–H and O–H groups in total. The van der Waals surface area contributed by atoms with Crippen molar-refractivity contribution < 1.29 is 4.74 Å². The molecule has 0 aromatic carbocycles. The van der Waals surface area contributed by atoms with Crippen LogP contribution in [0, 0.1) is 6.92 Å². The fraction of sp³-hybridized carbons (Fsp3) is 0.750. The third-order valence-electron chi connectivity index (χ3n) is 4.01. The minimum Gasteiger partial charge on any atom is -0.378 e. The molecule has 20 heavy (non-hydrogen) atoms. The van der Waals surface area contributed by atoms with Crippen molar-refractivity contribution >= 4 is 0 Å². The minimum atomic E-state index is 0.249. The highest BCUT2D eigenvalue weighted by Gasteiger charge is 2.13. The van der Waals surface area contributed by atoms with Crippen molar-refractivity contribution in [3.8, 4) is 0 Å². The molecule has 1 unspecified atom stereocenters. The van der Waals surface area contributed by atoms with Gasteiger partial charge in [-0.05, 0) is 39.7 Å². The normalized spacial score (nSPS) is 18.1. The molecule has 1 fully saturated rings. The minimum absolute atomic E-state index is 0.249. The molecule has 0 amide bonds. The van der Waals surface area contributed by atoms with Gasteiger partial charge in [-0.2, -0.15) is 0 Å². The quantitative estimate of drug-likeness (QED) is 0.778. The van der Waals surface area contributed by atoms with Crippen molar-refractivity contribution in [1.82, 2.24) is 15.3 Å². The molecule has 2 rings (SSSR count). The van der Waals surface area contributed by atoms with E-state index in [0.29, 0.717) is 6.10 Å². The van der Waals surface area contributed by atoms with Crippen LogP contribution in [0.1, 0.15) is 62.9 Å². The van der Waals surface area contributed by atoms with Crippen LogP contribution in [0.2, 0.25) is 0 Å². The fourth-order valence-electron chi connectivity index (χ4n) is 2.81. The van der Waals surface area contributed by atoms with Crippen molar-refractivity contribution in [1.29, 1.82) is 0 Å². The van der Waals surface area contributed by atoms with Crippen LogP contribution < -0.4 is 5.32 Å². The van der Waals surface area contributed by atoms with Crippen LogP contribution in [0.15, 0.2) is 12.4 Å². The average Bonchev–Trinajstić information content (AvgIpc) is 2.48. The number of hydrogen-bond acceptors (Lipinski definition) is 4. The van der Waals surface area contributed by atoms with E-state index in [1.165, 1.54) is 32.1 Å². The first kappa shape index (κ1) is 15.4. The molecule has 1 aliphatic rings. The van der Waals surface area contributed by atoms with Crippen LogP contribution in [0.25, 0.3) is 0 Å². The molecule has 1 heterocycles. The van der Waals surface area contributed by atoms with Gasteiger partial charge in [0, 0.05) is 25.0 Å². The number of aryl methyl sites for hydroxylation is 1. The zero-order valence-electron chi connectivity index (χ0n) is 12.8. The van der Waals surface area contributed by atoms with Crippen LogP contribution >= 0.6 is 0 Å². The fourth-order valence-corrected chi connectivity index (χ4v) is 2.81. The molecule has 0 bridgehead atoms. The molecule has 4 nitrogen and oxygen atoms in total. The second kappa shape index (κ2) is 8.32. The summed E-state index contributed by atoms with van der Waals surface area (Å²) in [5, 5.41) is 3.49. The van der Waals surface area contributed by atoms with Crippen LogP contribution in [0.5, 0.6) is 0 Å². The Kier molecular flexibility index (Phi) is 6.40. The van der Waals surface area contributed by atoms with Gasteiger partial charge in [0.2, 0.25) is 0 Å². The van der Waals surface area contributed by atoms with E-state index in [1.54, 1.807) is 12.4 Å². The predicted molar refractivity (Wildman–Crippen MR) is 80.6 cm³/mol. The molecule has 1 atom stereocenters. The summed E-state index contributed by atoms with van der Waals surface area (Å²) in [6.07, 6.45) is 11.6. The Labute approximate surface area is 122 Å². The van der Waals surface area contributed by atoms with E-state index < -0.39 is 0 Å². The summed E-state index contributed by atoms with van der Waals surface area (Å²) < 4.78 is 5.93. The number of aromatic nitrogens is 2. The largest absolute Gasteiger partial charge is 0.378 e. The number of ether oxygens (including phenoxy) is 1. The zero-order chi connectivity index (χ0) is 14.2. The topological polar surface area (TPSA) is 47.0 Å². The maximum atomic E-state index is 5.93. The summed E-state index contributed by atoms with van der Waals surface area (Å²) in [6.45, 7) is 5.97. The van der Waals surface area contributed by atoms with Gasteiger partial charge in [-0.25, -0.2) is 0 Å². The average molecular weight is 277 g/mol. The van der Waals surface area contributed by atoms with Crippen molar-refractivity contribution in [2.24, 2.45) is 0 Å². The van der Waals surface area contributed by atoms with Crippen molar-refractivity contribution in [2.45, 2.75) is 64.5 Å². The molecule has 1 aliphatic carbocycles. The Morgan fingerprint density at radius 2 is 2.00 bits per heavy atom. The van der Waals surface area contributed by atoms with Gasteiger partial charge >= 0.3 is 0 Å². The molecule has 112 valence electrons. The highest BCUT2D eigenvalue weighted by Crippen LogP contribution is 2.20. The number of rotatable bonds is 7. The lowest BCUT2D eigenvalue weighted by atomic mass is 9.98. The summed E-state index contributed by atoms with van der Waals surface area (Å²) >= 11 is 0. The summed E-state index contributed by atoms with van der Waals surface area (Å²) in [5.41, 5.74) is 2.05. The molecule has 0 saturated heterocycles. The van der Waals surface area contributed by atoms with E-state index in [9.17, 15) is 0 Å². The van der Waals surface area contributed by atoms with Gasteiger partial charge in [-0.15, -0.1) is 0 Å². The Morgan fingerprint density at radius 3 is 2.75 bits per heavy atom. The molecule has 1 aromatic rings. The number of nitrogens with one attached hydrogen (secondary N) is 1. The van der Waals surface area contributed by atoms with Gasteiger partial charge in [-0.1, -0.05) is 19.3 Å². The number of hydrogen-bond donors (Lipinski definition) is 1. The first-order valence-electron chi connectivity index (χ1n) is 7.90. The van der Waals surface area contributed by atoms with Gasteiger partial charge < -0.3 is 10.1 Å². The SMILES string of the molecule is Cc1nccnc1C(C)NCCCOC1CCCCC1. The third kappa shape index (κ3) is 4.84. The maximum absolute atomic E-state index is 5.93. The third-order valence-corrected chi connectivity index (χ3v) is 4.01. The highest BCUT2D eigenvalue weighted by molar-refractivity contribution is 5.12. The van der Waals surface area contributed by atoms with Gasteiger partial charge in [0.1, 0.15) is 0 Å². The maximum Gasteiger partial charge on any atom is 0.0782 e. The van der Waals surface area contributed by atoms with Gasteiger partial charge in [0.05, 0.1) is 17.5 Å². The van der Waals surface area contributed by atoms with Crippen LogP contribution in [0.3, 0.4) is 0 Å². The first-order chi connectivity index (χ1) is 9.77. The van der Waals surface area contributed by atoms with Crippen LogP contribution in [0.4, 0.5) is 0 Å². The summed E-state index contributed by atoms with van der Waals surface area (Å²) in [6, 6.07) is 0.249. The van der Waals surface area contributed by atoms with Gasteiger partial charge in [0.15, 0.2) is 0 Å². The van der Waals surface area contributed by atoms with Crippen molar-refractivity contribution in [2.75, 3.05) is 13.2 Å². The Morgan fingerprint density at radius 1 is 1.25 bits per heavy atom. The monoisotopic (exact) mass is 277 g/mol. The van der Waals surface area contributed by atoms with E-state index in [0.717, 1.165) is 31.0 Å². The summed E-state index contributed by atoms with van der Waals surface area (Å²) in [7, 11) is 0. The lowest BCUT2D eigenvalue weighted by molar-refractivity contribution is 0.0271. The zero-order valence-corrected chi connectivity index (χ0v) is 12.8. The van der Waals surface area contributed by atoms with E-state index in [4.69, 9.17) is 4.74 Å². The molecular weight excluding hydrogens is 250 g/mol. The molecular formula is C16H27N3O. The van der Waals surface area contributed by atoms with Gasteiger partial charge in [0.25, 0.3) is 0 Å². The van der Waals surface area contributed by atoms with Crippen LogP contribution in [-0.2, 0) is 4.74 Å². The Bertz CT molecular complexity index is 391. The van der Waals surface area contributed by atoms with Crippen molar-refractivity contribution in [3.63, 3.8) is 0 Å². The van der Waals surface area contributed by atoms with E-state index in [1.807, 2.05) is 6.92 Å². The summed E-state index contributed by atoms with van der Waals surface area (Å²) in [5.74, 6) is 0. The smallest absolute Gasteiger partial charge is 0.0782 e. The second-order valence-electron chi connectivity index (χ2n) is 5.69. The molecule has 0 spiro atoms. The Balaban J connectivity index is 1.60. The lowest BCUT2D eigenvalue weighted by Gasteiger charge is -2.22. The summed E-state index contributed by atoms with van der Waals surface area (Å²) in [4.78, 5) is 8.67. The number of nitrogens with zero attached hydrogens (tertiary/aromatic N) is 2. The standard InChI is InChI=1S/C16H27N3O/c1-13(16-14(2)18-10-11-19-16)17-9-6-12-20-15-7-4-3-5-8-15/h10-11,13,15,17H,3-9,12H2,1-2H3. The molecule has 4 heteroatoms. The Hall–Kier alpha value is -1.00. The molecule has 1 aromatic heterocycles. The molecule has 0 aliphatic heterocycles. The van der Waals surface area contributed by atoms with Crippen molar-refractivity contribution in [3.05, 3.63) is 23.8 Å².